The Labute approximate surface area is 166 Å². The van der Waals surface area contributed by atoms with Crippen molar-refractivity contribution in [3.05, 3.63) is 40.6 Å². The van der Waals surface area contributed by atoms with Gasteiger partial charge in [-0.05, 0) is 33.8 Å². The first-order valence-electron chi connectivity index (χ1n) is 8.81. The van der Waals surface area contributed by atoms with Crippen LogP contribution in [0.3, 0.4) is 0 Å². The second-order valence-electron chi connectivity index (χ2n) is 6.31. The van der Waals surface area contributed by atoms with Crippen LogP contribution in [0.4, 0.5) is 0 Å². The van der Waals surface area contributed by atoms with E-state index < -0.39 is 5.97 Å². The van der Waals surface area contributed by atoms with Crippen molar-refractivity contribution in [2.24, 2.45) is 7.05 Å². The lowest BCUT2D eigenvalue weighted by molar-refractivity contribution is 0.0522. The molecule has 0 amide bonds. The number of furan rings is 1. The highest BCUT2D eigenvalue weighted by atomic mass is 32.2. The topological polar surface area (TPSA) is 103 Å². The predicted molar refractivity (Wildman–Crippen MR) is 105 cm³/mol. The van der Waals surface area contributed by atoms with Crippen LogP contribution >= 0.6 is 11.8 Å². The van der Waals surface area contributed by atoms with Gasteiger partial charge in [0.25, 0.3) is 0 Å². The average molecular weight is 402 g/mol. The zero-order chi connectivity index (χ0) is 20.4. The van der Waals surface area contributed by atoms with Crippen LogP contribution in [0.1, 0.15) is 44.8 Å². The molecule has 3 heterocycles. The third kappa shape index (κ3) is 3.62. The number of rotatable bonds is 7. The van der Waals surface area contributed by atoms with Crippen LogP contribution in [0.5, 0.6) is 0 Å². The van der Waals surface area contributed by atoms with E-state index in [9.17, 15) is 9.59 Å². The molecule has 3 rings (SSSR count). The Morgan fingerprint density at radius 3 is 2.57 bits per heavy atom. The highest BCUT2D eigenvalue weighted by molar-refractivity contribution is 7.99. The maximum absolute atomic E-state index is 12.9. The Hall–Kier alpha value is -2.81. The molecular weight excluding hydrogens is 380 g/mol. The lowest BCUT2D eigenvalue weighted by atomic mass is 10.1. The molecule has 0 aliphatic heterocycles. The van der Waals surface area contributed by atoms with E-state index in [0.29, 0.717) is 33.5 Å². The van der Waals surface area contributed by atoms with Crippen LogP contribution < -0.4 is 0 Å². The number of aromatic nitrogens is 4. The molecule has 0 fully saturated rings. The standard InChI is InChI=1S/C19H22N4O4S/c1-6-26-18(25)16-11(3)20-10(2)15(16)14(24)9-28-19-22-21-17(23(19)5)13-7-8-27-12(13)4/h7-8,20H,6,9H2,1-5H3. The summed E-state index contributed by atoms with van der Waals surface area (Å²) in [5.41, 5.74) is 2.81. The molecule has 0 aromatic carbocycles. The number of hydrogen-bond donors (Lipinski definition) is 1. The Morgan fingerprint density at radius 2 is 1.93 bits per heavy atom. The molecule has 0 aliphatic rings. The highest BCUT2D eigenvalue weighted by Gasteiger charge is 2.26. The SMILES string of the molecule is CCOC(=O)c1c(C)[nH]c(C)c1C(=O)CSc1nnc(-c2ccoc2C)n1C. The summed E-state index contributed by atoms with van der Waals surface area (Å²) in [6, 6.07) is 1.83. The normalized spacial score (nSPS) is 11.0. The molecule has 3 aromatic heterocycles. The van der Waals surface area contributed by atoms with Crippen molar-refractivity contribution in [3.8, 4) is 11.4 Å². The number of Topliss-reactive ketones (excluding diaryl/α,β-unsaturated/α-hetero) is 1. The molecular formula is C19H22N4O4S. The first-order chi connectivity index (χ1) is 13.3. The van der Waals surface area contributed by atoms with Crippen LogP contribution in [0.15, 0.2) is 21.9 Å². The Balaban J connectivity index is 1.80. The number of nitrogens with one attached hydrogen (secondary N) is 1. The molecule has 9 heteroatoms. The maximum Gasteiger partial charge on any atom is 0.340 e. The average Bonchev–Trinajstić information content (AvgIpc) is 3.30. The summed E-state index contributed by atoms with van der Waals surface area (Å²) < 4.78 is 12.2. The first-order valence-corrected chi connectivity index (χ1v) is 9.79. The molecule has 0 unspecified atom stereocenters. The molecule has 28 heavy (non-hydrogen) atoms. The quantitative estimate of drug-likeness (QED) is 0.366. The van der Waals surface area contributed by atoms with Crippen LogP contribution in [0, 0.1) is 20.8 Å². The lowest BCUT2D eigenvalue weighted by Gasteiger charge is -2.06. The van der Waals surface area contributed by atoms with Crippen LogP contribution in [-0.4, -0.2) is 43.9 Å². The van der Waals surface area contributed by atoms with Crippen molar-refractivity contribution in [1.82, 2.24) is 19.7 Å². The summed E-state index contributed by atoms with van der Waals surface area (Å²) in [5, 5.41) is 8.98. The number of H-pyrrole nitrogens is 1. The molecule has 3 aromatic rings. The summed E-state index contributed by atoms with van der Waals surface area (Å²) >= 11 is 1.27. The van der Waals surface area contributed by atoms with Gasteiger partial charge in [-0.25, -0.2) is 4.79 Å². The molecule has 0 spiro atoms. The minimum absolute atomic E-state index is 0.126. The van der Waals surface area contributed by atoms with Crippen molar-refractivity contribution in [1.29, 1.82) is 0 Å². The summed E-state index contributed by atoms with van der Waals surface area (Å²) in [4.78, 5) is 28.2. The largest absolute Gasteiger partial charge is 0.469 e. The maximum atomic E-state index is 12.9. The minimum Gasteiger partial charge on any atom is -0.469 e. The molecule has 0 aliphatic carbocycles. The number of nitrogens with zero attached hydrogens (tertiary/aromatic N) is 3. The third-order valence-electron chi connectivity index (χ3n) is 4.40. The number of esters is 1. The molecule has 0 saturated carbocycles. The number of ether oxygens (including phenoxy) is 1. The summed E-state index contributed by atoms with van der Waals surface area (Å²) in [6.07, 6.45) is 1.60. The molecule has 148 valence electrons. The van der Waals surface area contributed by atoms with Gasteiger partial charge in [0.1, 0.15) is 5.76 Å². The van der Waals surface area contributed by atoms with Crippen LogP contribution in [0.2, 0.25) is 0 Å². The molecule has 0 radical (unpaired) electrons. The summed E-state index contributed by atoms with van der Waals surface area (Å²) in [5.74, 6) is 0.886. The third-order valence-corrected chi connectivity index (χ3v) is 5.42. The van der Waals surface area contributed by atoms with Gasteiger partial charge in [-0.3, -0.25) is 4.79 Å². The van der Waals surface area contributed by atoms with E-state index in [4.69, 9.17) is 9.15 Å². The van der Waals surface area contributed by atoms with Crippen molar-refractivity contribution in [2.75, 3.05) is 12.4 Å². The van der Waals surface area contributed by atoms with Gasteiger partial charge < -0.3 is 18.7 Å². The van der Waals surface area contributed by atoms with E-state index in [1.807, 2.05) is 24.6 Å². The number of aromatic amines is 1. The second-order valence-corrected chi connectivity index (χ2v) is 7.26. The van der Waals surface area contributed by atoms with Gasteiger partial charge in [0.05, 0.1) is 35.3 Å². The number of thioether (sulfide) groups is 1. The molecule has 8 nitrogen and oxygen atoms in total. The first kappa shape index (κ1) is 19.9. The van der Waals surface area contributed by atoms with Crippen molar-refractivity contribution in [3.63, 3.8) is 0 Å². The minimum atomic E-state index is -0.492. The summed E-state index contributed by atoms with van der Waals surface area (Å²) in [6.45, 7) is 7.37. The molecule has 0 saturated heterocycles. The van der Waals surface area contributed by atoms with Gasteiger partial charge >= 0.3 is 5.97 Å². The van der Waals surface area contributed by atoms with Crippen molar-refractivity contribution >= 4 is 23.5 Å². The fourth-order valence-corrected chi connectivity index (χ4v) is 3.87. The van der Waals surface area contributed by atoms with E-state index in [2.05, 4.69) is 15.2 Å². The smallest absolute Gasteiger partial charge is 0.340 e. The lowest BCUT2D eigenvalue weighted by Crippen LogP contribution is -2.13. The monoisotopic (exact) mass is 402 g/mol. The van der Waals surface area contributed by atoms with Crippen molar-refractivity contribution < 1.29 is 18.7 Å². The number of carbonyl (C=O) groups excluding carboxylic acids is 2. The van der Waals surface area contributed by atoms with E-state index in [1.54, 1.807) is 27.0 Å². The van der Waals surface area contributed by atoms with E-state index in [1.165, 1.54) is 11.8 Å². The van der Waals surface area contributed by atoms with Crippen molar-refractivity contribution in [2.45, 2.75) is 32.9 Å². The number of ketones is 1. The van der Waals surface area contributed by atoms with Gasteiger partial charge in [-0.15, -0.1) is 10.2 Å². The number of aryl methyl sites for hydroxylation is 3. The Kier molecular flexibility index (Phi) is 5.73. The van der Waals surface area contributed by atoms with E-state index in [-0.39, 0.29) is 18.1 Å². The highest BCUT2D eigenvalue weighted by Crippen LogP contribution is 2.27. The van der Waals surface area contributed by atoms with Gasteiger partial charge in [-0.2, -0.15) is 0 Å². The zero-order valence-corrected chi connectivity index (χ0v) is 17.3. The molecule has 1 N–H and O–H groups in total. The zero-order valence-electron chi connectivity index (χ0n) is 16.5. The van der Waals surface area contributed by atoms with Crippen LogP contribution in [-0.2, 0) is 11.8 Å². The van der Waals surface area contributed by atoms with Gasteiger partial charge in [0.2, 0.25) is 0 Å². The number of hydrogen-bond acceptors (Lipinski definition) is 7. The predicted octanol–water partition coefficient (Wildman–Crippen LogP) is 3.48. The molecule has 0 atom stereocenters. The fraction of sp³-hybridized carbons (Fsp3) is 0.368. The van der Waals surface area contributed by atoms with Crippen LogP contribution in [0.25, 0.3) is 11.4 Å². The van der Waals surface area contributed by atoms with E-state index in [0.717, 1.165) is 11.3 Å². The van der Waals surface area contributed by atoms with Gasteiger partial charge in [-0.1, -0.05) is 11.8 Å². The number of carbonyl (C=O) groups is 2. The Morgan fingerprint density at radius 1 is 1.21 bits per heavy atom. The fourth-order valence-electron chi connectivity index (χ4n) is 3.08. The van der Waals surface area contributed by atoms with E-state index >= 15 is 0 Å². The van der Waals surface area contributed by atoms with Gasteiger partial charge in [0, 0.05) is 18.4 Å². The molecule has 0 bridgehead atoms. The Bertz CT molecular complexity index is 1030. The van der Waals surface area contributed by atoms with Gasteiger partial charge in [0.15, 0.2) is 16.8 Å². The second kappa shape index (κ2) is 8.05. The summed E-state index contributed by atoms with van der Waals surface area (Å²) in [7, 11) is 1.84.